The molecule has 0 radical (unpaired) electrons. The van der Waals surface area contributed by atoms with Gasteiger partial charge in [0.15, 0.2) is 11.5 Å². The van der Waals surface area contributed by atoms with Crippen LogP contribution in [0.3, 0.4) is 0 Å². The van der Waals surface area contributed by atoms with Crippen LogP contribution in [0.2, 0.25) is 0 Å². The maximum Gasteiger partial charge on any atom is 0.261 e. The van der Waals surface area contributed by atoms with E-state index in [1.807, 2.05) is 30.3 Å². The molecule has 0 spiro atoms. The summed E-state index contributed by atoms with van der Waals surface area (Å²) >= 11 is 0. The first kappa shape index (κ1) is 19.1. The number of ether oxygens (including phenoxy) is 4. The van der Waals surface area contributed by atoms with Crippen LogP contribution in [0.4, 0.5) is 0 Å². The summed E-state index contributed by atoms with van der Waals surface area (Å²) in [5.41, 5.74) is 1.53. The predicted molar refractivity (Wildman–Crippen MR) is 111 cm³/mol. The second kappa shape index (κ2) is 8.45. The van der Waals surface area contributed by atoms with Gasteiger partial charge in [-0.25, -0.2) is 4.98 Å². The minimum Gasteiger partial charge on any atom is -0.484 e. The SMILES string of the molecule is O=c1c2cc(OC3CCOC3)c(O[C@@H]3CCOC3)cc2ncn1Cc1ccccc1. The lowest BCUT2D eigenvalue weighted by atomic mass is 10.2. The smallest absolute Gasteiger partial charge is 0.261 e. The summed E-state index contributed by atoms with van der Waals surface area (Å²) in [4.78, 5) is 17.7. The van der Waals surface area contributed by atoms with E-state index in [0.29, 0.717) is 55.4 Å². The number of hydrogen-bond acceptors (Lipinski definition) is 6. The predicted octanol–water partition coefficient (Wildman–Crippen LogP) is 2.78. The summed E-state index contributed by atoms with van der Waals surface area (Å²) in [6, 6.07) is 13.4. The molecule has 7 heteroatoms. The Labute approximate surface area is 174 Å². The van der Waals surface area contributed by atoms with Crippen LogP contribution in [0, 0.1) is 0 Å². The van der Waals surface area contributed by atoms with E-state index in [0.717, 1.165) is 18.4 Å². The van der Waals surface area contributed by atoms with Crippen molar-refractivity contribution in [1.82, 2.24) is 9.55 Å². The monoisotopic (exact) mass is 408 g/mol. The molecule has 2 fully saturated rings. The molecule has 2 aromatic carbocycles. The molecule has 0 saturated carbocycles. The number of rotatable bonds is 6. The summed E-state index contributed by atoms with van der Waals surface area (Å²) < 4.78 is 24.8. The molecular weight excluding hydrogens is 384 g/mol. The van der Waals surface area contributed by atoms with Crippen molar-refractivity contribution in [3.8, 4) is 11.5 Å². The standard InChI is InChI=1S/C23H24N2O5/c26-23-19-10-21(29-17-6-8-27-13-17)22(30-18-7-9-28-14-18)11-20(19)24-15-25(23)12-16-4-2-1-3-5-16/h1-5,10-11,15,17-18H,6-9,12-14H2/t17?,18-/m1/s1. The Hall–Kier alpha value is -2.90. The first-order chi connectivity index (χ1) is 14.8. The molecule has 1 aromatic heterocycles. The molecule has 0 amide bonds. The fourth-order valence-electron chi connectivity index (χ4n) is 3.81. The normalized spacial score (nSPS) is 21.2. The van der Waals surface area contributed by atoms with Gasteiger partial charge >= 0.3 is 0 Å². The minimum atomic E-state index is -0.105. The number of fused-ring (bicyclic) bond motifs is 1. The molecule has 3 heterocycles. The van der Waals surface area contributed by atoms with E-state index in [1.54, 1.807) is 23.0 Å². The first-order valence-electron chi connectivity index (χ1n) is 10.3. The van der Waals surface area contributed by atoms with Gasteiger partial charge in [0.2, 0.25) is 0 Å². The maximum absolute atomic E-state index is 13.2. The Balaban J connectivity index is 1.52. The molecule has 2 saturated heterocycles. The van der Waals surface area contributed by atoms with Crippen LogP contribution in [0.15, 0.2) is 53.6 Å². The Bertz CT molecular complexity index is 1070. The van der Waals surface area contributed by atoms with Crippen molar-refractivity contribution < 1.29 is 18.9 Å². The molecule has 0 bridgehead atoms. The quantitative estimate of drug-likeness (QED) is 0.625. The van der Waals surface area contributed by atoms with Crippen LogP contribution in [0.1, 0.15) is 18.4 Å². The molecule has 5 rings (SSSR count). The summed E-state index contributed by atoms with van der Waals surface area (Å²) in [5, 5.41) is 0.511. The Morgan fingerprint density at radius 3 is 2.27 bits per heavy atom. The lowest BCUT2D eigenvalue weighted by Crippen LogP contribution is -2.23. The fourth-order valence-corrected chi connectivity index (χ4v) is 3.81. The zero-order valence-electron chi connectivity index (χ0n) is 16.7. The van der Waals surface area contributed by atoms with Crippen LogP contribution >= 0.6 is 0 Å². The molecule has 0 N–H and O–H groups in total. The summed E-state index contributed by atoms with van der Waals surface area (Å²) in [6.45, 7) is 2.92. The highest BCUT2D eigenvalue weighted by molar-refractivity contribution is 5.81. The van der Waals surface area contributed by atoms with Gasteiger partial charge in [-0.15, -0.1) is 0 Å². The molecular formula is C23H24N2O5. The second-order valence-electron chi connectivity index (χ2n) is 7.69. The van der Waals surface area contributed by atoms with E-state index in [9.17, 15) is 4.79 Å². The average Bonchev–Trinajstić information content (AvgIpc) is 3.46. The summed E-state index contributed by atoms with van der Waals surface area (Å²) in [5.74, 6) is 1.15. The van der Waals surface area contributed by atoms with Gasteiger partial charge < -0.3 is 18.9 Å². The van der Waals surface area contributed by atoms with Crippen molar-refractivity contribution in [1.29, 1.82) is 0 Å². The lowest BCUT2D eigenvalue weighted by molar-refractivity contribution is 0.123. The van der Waals surface area contributed by atoms with E-state index in [2.05, 4.69) is 4.98 Å². The number of aromatic nitrogens is 2. The summed E-state index contributed by atoms with van der Waals surface area (Å²) in [7, 11) is 0. The van der Waals surface area contributed by atoms with E-state index >= 15 is 0 Å². The summed E-state index contributed by atoms with van der Waals surface area (Å²) in [6.07, 6.45) is 3.16. The third-order valence-corrected chi connectivity index (χ3v) is 5.45. The topological polar surface area (TPSA) is 71.8 Å². The molecule has 7 nitrogen and oxygen atoms in total. The van der Waals surface area contributed by atoms with Gasteiger partial charge in [0.25, 0.3) is 5.56 Å². The molecule has 2 aliphatic rings. The number of hydrogen-bond donors (Lipinski definition) is 0. The van der Waals surface area contributed by atoms with Gasteiger partial charge in [0.1, 0.15) is 12.2 Å². The van der Waals surface area contributed by atoms with E-state index in [1.165, 1.54) is 0 Å². The molecule has 0 aliphatic carbocycles. The van der Waals surface area contributed by atoms with Gasteiger partial charge in [0, 0.05) is 18.9 Å². The van der Waals surface area contributed by atoms with Crippen LogP contribution in [-0.4, -0.2) is 48.2 Å². The zero-order valence-corrected chi connectivity index (χ0v) is 16.7. The molecule has 3 aromatic rings. The highest BCUT2D eigenvalue weighted by Gasteiger charge is 2.24. The van der Waals surface area contributed by atoms with Crippen molar-refractivity contribution in [3.63, 3.8) is 0 Å². The van der Waals surface area contributed by atoms with Crippen molar-refractivity contribution in [3.05, 3.63) is 64.7 Å². The maximum atomic E-state index is 13.2. The van der Waals surface area contributed by atoms with Crippen LogP contribution in [-0.2, 0) is 16.0 Å². The molecule has 1 unspecified atom stereocenters. The van der Waals surface area contributed by atoms with Crippen LogP contribution < -0.4 is 15.0 Å². The third-order valence-electron chi connectivity index (χ3n) is 5.45. The molecule has 2 atom stereocenters. The average molecular weight is 408 g/mol. The number of benzene rings is 2. The first-order valence-corrected chi connectivity index (χ1v) is 10.3. The van der Waals surface area contributed by atoms with Gasteiger partial charge in [-0.1, -0.05) is 30.3 Å². The van der Waals surface area contributed by atoms with Crippen molar-refractivity contribution >= 4 is 10.9 Å². The molecule has 2 aliphatic heterocycles. The van der Waals surface area contributed by atoms with Gasteiger partial charge in [0.05, 0.1) is 50.2 Å². The van der Waals surface area contributed by atoms with Gasteiger partial charge in [-0.05, 0) is 11.6 Å². The number of nitrogens with zero attached hydrogens (tertiary/aromatic N) is 2. The zero-order chi connectivity index (χ0) is 20.3. The fraction of sp³-hybridized carbons (Fsp3) is 0.391. The van der Waals surface area contributed by atoms with E-state index in [4.69, 9.17) is 18.9 Å². The molecule has 156 valence electrons. The van der Waals surface area contributed by atoms with E-state index in [-0.39, 0.29) is 17.8 Å². The van der Waals surface area contributed by atoms with Gasteiger partial charge in [-0.3, -0.25) is 9.36 Å². The second-order valence-corrected chi connectivity index (χ2v) is 7.69. The highest BCUT2D eigenvalue weighted by Crippen LogP contribution is 2.34. The van der Waals surface area contributed by atoms with E-state index < -0.39 is 0 Å². The van der Waals surface area contributed by atoms with Crippen molar-refractivity contribution in [2.24, 2.45) is 0 Å². The lowest BCUT2D eigenvalue weighted by Gasteiger charge is -2.19. The van der Waals surface area contributed by atoms with Gasteiger partial charge in [-0.2, -0.15) is 0 Å². The Morgan fingerprint density at radius 1 is 0.967 bits per heavy atom. The van der Waals surface area contributed by atoms with Crippen LogP contribution in [0.5, 0.6) is 11.5 Å². The van der Waals surface area contributed by atoms with Crippen molar-refractivity contribution in [2.75, 3.05) is 26.4 Å². The molecule has 30 heavy (non-hydrogen) atoms. The van der Waals surface area contributed by atoms with Crippen molar-refractivity contribution in [2.45, 2.75) is 31.6 Å². The Kier molecular flexibility index (Phi) is 5.38. The highest BCUT2D eigenvalue weighted by atomic mass is 16.6. The minimum absolute atomic E-state index is 0.0249. The largest absolute Gasteiger partial charge is 0.484 e. The third kappa shape index (κ3) is 4.04. The Morgan fingerprint density at radius 2 is 1.63 bits per heavy atom. The van der Waals surface area contributed by atoms with Crippen LogP contribution in [0.25, 0.3) is 10.9 Å².